The first-order valence-electron chi connectivity index (χ1n) is 6.26. The Labute approximate surface area is 120 Å². The van der Waals surface area contributed by atoms with Gasteiger partial charge in [-0.2, -0.15) is 0 Å². The normalized spacial score (nSPS) is 10.5. The lowest BCUT2D eigenvalue weighted by molar-refractivity contribution is 0.128. The van der Waals surface area contributed by atoms with Gasteiger partial charge < -0.3 is 15.5 Å². The molecule has 0 aliphatic carbocycles. The summed E-state index contributed by atoms with van der Waals surface area (Å²) in [7, 11) is 0. The molecule has 0 radical (unpaired) electrons. The SMILES string of the molecule is CCOCc1nc(NN)cc(Nc2cc(F)ccc2F)n1. The largest absolute Gasteiger partial charge is 0.374 e. The monoisotopic (exact) mass is 295 g/mol. The van der Waals surface area contributed by atoms with Gasteiger partial charge in [0, 0.05) is 18.7 Å². The maximum atomic E-state index is 13.6. The molecule has 0 aliphatic rings. The van der Waals surface area contributed by atoms with Crippen LogP contribution in [0.3, 0.4) is 0 Å². The molecule has 0 amide bonds. The third-order valence-electron chi connectivity index (χ3n) is 2.55. The Morgan fingerprint density at radius 3 is 2.67 bits per heavy atom. The Morgan fingerprint density at radius 1 is 1.19 bits per heavy atom. The summed E-state index contributed by atoms with van der Waals surface area (Å²) in [5.74, 6) is 5.15. The third-order valence-corrected chi connectivity index (χ3v) is 2.55. The van der Waals surface area contributed by atoms with Crippen molar-refractivity contribution in [2.24, 2.45) is 5.84 Å². The number of nitrogens with one attached hydrogen (secondary N) is 2. The third kappa shape index (κ3) is 4.07. The average Bonchev–Trinajstić information content (AvgIpc) is 2.48. The minimum Gasteiger partial charge on any atom is -0.374 e. The number of hydrogen-bond acceptors (Lipinski definition) is 6. The molecule has 2 rings (SSSR count). The van der Waals surface area contributed by atoms with Crippen molar-refractivity contribution in [1.82, 2.24) is 9.97 Å². The van der Waals surface area contributed by atoms with Crippen LogP contribution in [0.4, 0.5) is 26.1 Å². The lowest BCUT2D eigenvalue weighted by Crippen LogP contribution is -2.12. The average molecular weight is 295 g/mol. The van der Waals surface area contributed by atoms with Crippen LogP contribution in [0.5, 0.6) is 0 Å². The fraction of sp³-hybridized carbons (Fsp3) is 0.231. The second kappa shape index (κ2) is 6.91. The summed E-state index contributed by atoms with van der Waals surface area (Å²) in [6, 6.07) is 4.57. The minimum atomic E-state index is -0.594. The van der Waals surface area contributed by atoms with Crippen LogP contribution >= 0.6 is 0 Å². The van der Waals surface area contributed by atoms with Crippen LogP contribution in [-0.2, 0) is 11.3 Å². The van der Waals surface area contributed by atoms with E-state index in [0.717, 1.165) is 18.2 Å². The molecule has 0 fully saturated rings. The molecule has 1 heterocycles. The van der Waals surface area contributed by atoms with E-state index < -0.39 is 11.6 Å². The molecule has 4 N–H and O–H groups in total. The summed E-state index contributed by atoms with van der Waals surface area (Å²) in [6.45, 7) is 2.53. The Morgan fingerprint density at radius 2 is 1.95 bits per heavy atom. The summed E-state index contributed by atoms with van der Waals surface area (Å²) < 4.78 is 32.0. The molecule has 112 valence electrons. The van der Waals surface area contributed by atoms with Gasteiger partial charge in [-0.15, -0.1) is 0 Å². The molecule has 6 nitrogen and oxygen atoms in total. The number of nitrogens with zero attached hydrogens (tertiary/aromatic N) is 2. The Balaban J connectivity index is 2.27. The van der Waals surface area contributed by atoms with E-state index in [2.05, 4.69) is 20.7 Å². The highest BCUT2D eigenvalue weighted by Gasteiger charge is 2.08. The number of rotatable bonds is 6. The summed E-state index contributed by atoms with van der Waals surface area (Å²) in [6.07, 6.45) is 0. The number of aromatic nitrogens is 2. The Kier molecular flexibility index (Phi) is 4.96. The molecule has 1 aromatic carbocycles. The van der Waals surface area contributed by atoms with Gasteiger partial charge in [-0.25, -0.2) is 24.6 Å². The predicted octanol–water partition coefficient (Wildman–Crippen LogP) is 2.32. The maximum absolute atomic E-state index is 13.6. The first kappa shape index (κ1) is 15.1. The standard InChI is InChI=1S/C13H15F2N5O/c1-2-21-7-13-18-11(6-12(19-13)20-16)17-10-5-8(14)3-4-9(10)15/h3-6H,2,7,16H2,1H3,(H2,17,18,19,20). The minimum absolute atomic E-state index is 0.0287. The molecule has 0 saturated heterocycles. The molecular weight excluding hydrogens is 280 g/mol. The molecule has 1 aromatic heterocycles. The van der Waals surface area contributed by atoms with Gasteiger partial charge in [0.15, 0.2) is 5.82 Å². The van der Waals surface area contributed by atoms with Crippen molar-refractivity contribution in [3.63, 3.8) is 0 Å². The van der Waals surface area contributed by atoms with Gasteiger partial charge in [0.25, 0.3) is 0 Å². The zero-order valence-electron chi connectivity index (χ0n) is 11.4. The maximum Gasteiger partial charge on any atom is 0.158 e. The fourth-order valence-corrected chi connectivity index (χ4v) is 1.62. The van der Waals surface area contributed by atoms with E-state index in [1.54, 1.807) is 0 Å². The number of nitrogens with two attached hydrogens (primary N) is 1. The highest BCUT2D eigenvalue weighted by molar-refractivity contribution is 5.59. The van der Waals surface area contributed by atoms with Crippen molar-refractivity contribution in [3.05, 3.63) is 41.7 Å². The van der Waals surface area contributed by atoms with Crippen molar-refractivity contribution < 1.29 is 13.5 Å². The van der Waals surface area contributed by atoms with E-state index in [0.29, 0.717) is 18.2 Å². The fourth-order valence-electron chi connectivity index (χ4n) is 1.62. The van der Waals surface area contributed by atoms with Crippen LogP contribution in [0.25, 0.3) is 0 Å². The number of nitrogen functional groups attached to an aromatic ring is 1. The smallest absolute Gasteiger partial charge is 0.158 e. The van der Waals surface area contributed by atoms with Crippen molar-refractivity contribution in [1.29, 1.82) is 0 Å². The molecular formula is C13H15F2N5O. The molecule has 2 aromatic rings. The van der Waals surface area contributed by atoms with Crippen molar-refractivity contribution >= 4 is 17.3 Å². The van der Waals surface area contributed by atoms with E-state index in [9.17, 15) is 8.78 Å². The quantitative estimate of drug-likeness (QED) is 0.560. The molecule has 0 aliphatic heterocycles. The highest BCUT2D eigenvalue weighted by Crippen LogP contribution is 2.21. The number of hydrazine groups is 1. The van der Waals surface area contributed by atoms with Crippen LogP contribution in [0, 0.1) is 11.6 Å². The Bertz CT molecular complexity index is 624. The van der Waals surface area contributed by atoms with Crippen LogP contribution in [0.15, 0.2) is 24.3 Å². The zero-order chi connectivity index (χ0) is 15.2. The molecule has 0 spiro atoms. The number of benzene rings is 1. The molecule has 0 atom stereocenters. The molecule has 8 heteroatoms. The van der Waals surface area contributed by atoms with Crippen molar-refractivity contribution in [2.45, 2.75) is 13.5 Å². The number of halogens is 2. The van der Waals surface area contributed by atoms with Crippen molar-refractivity contribution in [2.75, 3.05) is 17.3 Å². The Hall–Kier alpha value is -2.32. The number of anilines is 3. The highest BCUT2D eigenvalue weighted by atomic mass is 19.1. The van der Waals surface area contributed by atoms with Gasteiger partial charge in [-0.3, -0.25) is 0 Å². The lowest BCUT2D eigenvalue weighted by Gasteiger charge is -2.10. The van der Waals surface area contributed by atoms with Crippen LogP contribution < -0.4 is 16.6 Å². The van der Waals surface area contributed by atoms with Gasteiger partial charge in [-0.05, 0) is 19.1 Å². The van der Waals surface area contributed by atoms with E-state index in [1.807, 2.05) is 6.92 Å². The summed E-state index contributed by atoms with van der Waals surface area (Å²) in [4.78, 5) is 8.24. The lowest BCUT2D eigenvalue weighted by atomic mass is 10.3. The first-order valence-corrected chi connectivity index (χ1v) is 6.26. The topological polar surface area (TPSA) is 85.1 Å². The van der Waals surface area contributed by atoms with Gasteiger partial charge in [0.1, 0.15) is 29.9 Å². The van der Waals surface area contributed by atoms with E-state index in [4.69, 9.17) is 10.6 Å². The van der Waals surface area contributed by atoms with E-state index >= 15 is 0 Å². The first-order chi connectivity index (χ1) is 10.1. The number of ether oxygens (including phenoxy) is 1. The van der Waals surface area contributed by atoms with E-state index in [-0.39, 0.29) is 18.1 Å². The molecule has 21 heavy (non-hydrogen) atoms. The molecule has 0 unspecified atom stereocenters. The number of hydrogen-bond donors (Lipinski definition) is 3. The second-order valence-corrected chi connectivity index (χ2v) is 4.09. The van der Waals surface area contributed by atoms with Gasteiger partial charge >= 0.3 is 0 Å². The summed E-state index contributed by atoms with van der Waals surface area (Å²) in [5.41, 5.74) is 2.35. The van der Waals surface area contributed by atoms with Crippen LogP contribution in [0.1, 0.15) is 12.7 Å². The van der Waals surface area contributed by atoms with Gasteiger partial charge in [0.2, 0.25) is 0 Å². The molecule has 0 bridgehead atoms. The summed E-state index contributed by atoms with van der Waals surface area (Å²) >= 11 is 0. The van der Waals surface area contributed by atoms with Crippen molar-refractivity contribution in [3.8, 4) is 0 Å². The second-order valence-electron chi connectivity index (χ2n) is 4.09. The van der Waals surface area contributed by atoms with Gasteiger partial charge in [0.05, 0.1) is 5.69 Å². The van der Waals surface area contributed by atoms with Crippen LogP contribution in [0.2, 0.25) is 0 Å². The van der Waals surface area contributed by atoms with Crippen LogP contribution in [-0.4, -0.2) is 16.6 Å². The summed E-state index contributed by atoms with van der Waals surface area (Å²) in [5, 5.41) is 2.69. The predicted molar refractivity (Wildman–Crippen MR) is 74.8 cm³/mol. The zero-order valence-corrected chi connectivity index (χ0v) is 11.4. The van der Waals surface area contributed by atoms with E-state index in [1.165, 1.54) is 6.07 Å². The molecule has 0 saturated carbocycles. The van der Waals surface area contributed by atoms with Gasteiger partial charge in [-0.1, -0.05) is 0 Å².